The van der Waals surface area contributed by atoms with Crippen LogP contribution in [-0.4, -0.2) is 16.1 Å². The van der Waals surface area contributed by atoms with Gasteiger partial charge in [0.1, 0.15) is 5.82 Å². The second-order valence-electron chi connectivity index (χ2n) is 3.95. The Morgan fingerprint density at radius 1 is 1.47 bits per heavy atom. The first kappa shape index (κ1) is 9.19. The Labute approximate surface area is 93.1 Å². The number of halogens is 1. The first-order valence-electron chi connectivity index (χ1n) is 5.11. The lowest BCUT2D eigenvalue weighted by Crippen LogP contribution is -2.28. The number of nitrogens with zero attached hydrogens (tertiary/aromatic N) is 2. The summed E-state index contributed by atoms with van der Waals surface area (Å²) in [5, 5.41) is 4.11. The molecule has 0 bridgehead atoms. The largest absolute Gasteiger partial charge is 0.326 e. The summed E-state index contributed by atoms with van der Waals surface area (Å²) in [6.45, 7) is 4.89. The van der Waals surface area contributed by atoms with Gasteiger partial charge in [-0.3, -0.25) is 0 Å². The van der Waals surface area contributed by atoms with Gasteiger partial charge in [0.25, 0.3) is 0 Å². The molecule has 3 rings (SSSR count). The summed E-state index contributed by atoms with van der Waals surface area (Å²) in [5.74, 6) is 1.11. The number of hydrogen-bond acceptors (Lipinski definition) is 2. The highest BCUT2D eigenvalue weighted by Gasteiger charge is 2.15. The minimum absolute atomic E-state index is 0.793. The lowest BCUT2D eigenvalue weighted by Gasteiger charge is -2.15. The average Bonchev–Trinajstić information content (AvgIpc) is 2.57. The molecule has 1 aliphatic rings. The van der Waals surface area contributed by atoms with Gasteiger partial charge in [-0.15, -0.1) is 0 Å². The van der Waals surface area contributed by atoms with Gasteiger partial charge in [0, 0.05) is 18.1 Å². The summed E-state index contributed by atoms with van der Waals surface area (Å²) >= 11 is 6.07. The first-order valence-corrected chi connectivity index (χ1v) is 5.49. The van der Waals surface area contributed by atoms with Crippen molar-refractivity contribution < 1.29 is 0 Å². The molecule has 0 saturated heterocycles. The van der Waals surface area contributed by atoms with Gasteiger partial charge in [-0.25, -0.2) is 4.98 Å². The maximum absolute atomic E-state index is 6.07. The number of aromatic nitrogens is 2. The molecule has 15 heavy (non-hydrogen) atoms. The van der Waals surface area contributed by atoms with E-state index in [9.17, 15) is 0 Å². The molecule has 1 aromatic carbocycles. The number of nitrogens with one attached hydrogen (secondary N) is 1. The van der Waals surface area contributed by atoms with Crippen LogP contribution in [0.25, 0.3) is 11.0 Å². The molecule has 3 nitrogen and oxygen atoms in total. The van der Waals surface area contributed by atoms with E-state index in [0.29, 0.717) is 0 Å². The van der Waals surface area contributed by atoms with E-state index >= 15 is 0 Å². The maximum Gasteiger partial charge on any atom is 0.123 e. The van der Waals surface area contributed by atoms with Crippen LogP contribution in [0.3, 0.4) is 0 Å². The molecule has 0 spiro atoms. The molecule has 0 amide bonds. The van der Waals surface area contributed by atoms with Crippen molar-refractivity contribution >= 4 is 22.6 Å². The lowest BCUT2D eigenvalue weighted by molar-refractivity contribution is 0.514. The van der Waals surface area contributed by atoms with Crippen molar-refractivity contribution in [3.8, 4) is 0 Å². The molecule has 2 heterocycles. The number of aryl methyl sites for hydroxylation is 1. The Hall–Kier alpha value is -1.06. The Bertz CT molecular complexity index is 530. The third-order valence-corrected chi connectivity index (χ3v) is 3.10. The van der Waals surface area contributed by atoms with Crippen molar-refractivity contribution in [2.45, 2.75) is 20.0 Å². The number of benzene rings is 1. The zero-order valence-electron chi connectivity index (χ0n) is 8.55. The van der Waals surface area contributed by atoms with Crippen molar-refractivity contribution in [1.29, 1.82) is 0 Å². The molecule has 1 aliphatic heterocycles. The van der Waals surface area contributed by atoms with Crippen LogP contribution in [0.2, 0.25) is 5.02 Å². The van der Waals surface area contributed by atoms with E-state index in [1.165, 1.54) is 0 Å². The van der Waals surface area contributed by atoms with Gasteiger partial charge < -0.3 is 9.88 Å². The van der Waals surface area contributed by atoms with E-state index in [0.717, 1.165) is 47.1 Å². The minimum Gasteiger partial charge on any atom is -0.326 e. The highest BCUT2D eigenvalue weighted by Crippen LogP contribution is 2.25. The molecule has 0 radical (unpaired) electrons. The van der Waals surface area contributed by atoms with Gasteiger partial charge in [0.05, 0.1) is 17.6 Å². The summed E-state index contributed by atoms with van der Waals surface area (Å²) < 4.78 is 2.25. The normalized spacial score (nSPS) is 15.6. The Balaban J connectivity index is 2.37. The highest BCUT2D eigenvalue weighted by molar-refractivity contribution is 6.31. The van der Waals surface area contributed by atoms with Crippen LogP contribution in [-0.2, 0) is 13.1 Å². The Kier molecular flexibility index (Phi) is 1.97. The predicted molar refractivity (Wildman–Crippen MR) is 61.2 cm³/mol. The fraction of sp³-hybridized carbons (Fsp3) is 0.364. The summed E-state index contributed by atoms with van der Waals surface area (Å²) in [5.41, 5.74) is 3.40. The van der Waals surface area contributed by atoms with Gasteiger partial charge in [-0.1, -0.05) is 11.6 Å². The van der Waals surface area contributed by atoms with Gasteiger partial charge >= 0.3 is 0 Å². The number of fused-ring (bicyclic) bond motifs is 3. The van der Waals surface area contributed by atoms with Crippen molar-refractivity contribution in [3.63, 3.8) is 0 Å². The van der Waals surface area contributed by atoms with Crippen molar-refractivity contribution in [1.82, 2.24) is 14.9 Å². The minimum atomic E-state index is 0.793. The highest BCUT2D eigenvalue weighted by atomic mass is 35.5. The summed E-state index contributed by atoms with van der Waals surface area (Å²) in [6, 6.07) is 3.97. The predicted octanol–water partition coefficient (Wildman–Crippen LogP) is 2.10. The molecular formula is C11H12ClN3. The number of rotatable bonds is 0. The van der Waals surface area contributed by atoms with Crippen LogP contribution >= 0.6 is 11.6 Å². The molecule has 0 aliphatic carbocycles. The molecule has 2 aromatic rings. The van der Waals surface area contributed by atoms with Crippen molar-refractivity contribution in [2.24, 2.45) is 0 Å². The van der Waals surface area contributed by atoms with E-state index in [4.69, 9.17) is 11.6 Å². The maximum atomic E-state index is 6.07. The summed E-state index contributed by atoms with van der Waals surface area (Å²) in [4.78, 5) is 4.64. The van der Waals surface area contributed by atoms with Gasteiger partial charge in [-0.2, -0.15) is 0 Å². The monoisotopic (exact) mass is 221 g/mol. The molecule has 0 saturated carbocycles. The fourth-order valence-corrected chi connectivity index (χ4v) is 2.44. The lowest BCUT2D eigenvalue weighted by atomic mass is 10.2. The average molecular weight is 222 g/mol. The molecule has 1 N–H and O–H groups in total. The summed E-state index contributed by atoms with van der Waals surface area (Å²) in [7, 11) is 0. The van der Waals surface area contributed by atoms with Crippen molar-refractivity contribution in [3.05, 3.63) is 28.5 Å². The number of hydrogen-bond donors (Lipinski definition) is 1. The number of imidazole rings is 1. The fourth-order valence-electron chi connectivity index (χ4n) is 2.17. The molecule has 0 fully saturated rings. The van der Waals surface area contributed by atoms with Crippen LogP contribution in [0.4, 0.5) is 0 Å². The second kappa shape index (κ2) is 3.22. The van der Waals surface area contributed by atoms with Crippen LogP contribution < -0.4 is 5.32 Å². The third kappa shape index (κ3) is 1.34. The topological polar surface area (TPSA) is 29.9 Å². The van der Waals surface area contributed by atoms with E-state index in [1.807, 2.05) is 12.1 Å². The molecule has 4 heteroatoms. The molecule has 0 atom stereocenters. The van der Waals surface area contributed by atoms with Gasteiger partial charge in [0.2, 0.25) is 0 Å². The van der Waals surface area contributed by atoms with Crippen LogP contribution in [0, 0.1) is 6.92 Å². The summed E-state index contributed by atoms with van der Waals surface area (Å²) in [6.07, 6.45) is 0. The quantitative estimate of drug-likeness (QED) is 0.739. The molecule has 0 unspecified atom stereocenters. The van der Waals surface area contributed by atoms with Crippen LogP contribution in [0.15, 0.2) is 12.1 Å². The van der Waals surface area contributed by atoms with E-state index in [2.05, 4.69) is 21.8 Å². The van der Waals surface area contributed by atoms with Crippen LogP contribution in [0.5, 0.6) is 0 Å². The smallest absolute Gasteiger partial charge is 0.123 e. The molecular weight excluding hydrogens is 210 g/mol. The van der Waals surface area contributed by atoms with E-state index in [-0.39, 0.29) is 0 Å². The SMILES string of the molecule is Cc1cc(Cl)cc2c1nc1n2CCNC1. The zero-order valence-corrected chi connectivity index (χ0v) is 9.30. The second-order valence-corrected chi connectivity index (χ2v) is 4.38. The standard InChI is InChI=1S/C11H12ClN3/c1-7-4-8(12)5-9-11(7)14-10-6-13-2-3-15(9)10/h4-5,13H,2-3,6H2,1H3. The first-order chi connectivity index (χ1) is 7.25. The Morgan fingerprint density at radius 2 is 2.33 bits per heavy atom. The van der Waals surface area contributed by atoms with E-state index in [1.54, 1.807) is 0 Å². The van der Waals surface area contributed by atoms with Gasteiger partial charge in [-0.05, 0) is 24.6 Å². The Morgan fingerprint density at radius 3 is 3.20 bits per heavy atom. The molecule has 78 valence electrons. The van der Waals surface area contributed by atoms with Crippen LogP contribution in [0.1, 0.15) is 11.4 Å². The van der Waals surface area contributed by atoms with E-state index < -0.39 is 0 Å². The third-order valence-electron chi connectivity index (χ3n) is 2.88. The zero-order chi connectivity index (χ0) is 10.4. The molecule has 1 aromatic heterocycles. The van der Waals surface area contributed by atoms with Gasteiger partial charge in [0.15, 0.2) is 0 Å². The van der Waals surface area contributed by atoms with Crippen molar-refractivity contribution in [2.75, 3.05) is 6.54 Å².